The summed E-state index contributed by atoms with van der Waals surface area (Å²) >= 11 is 0. The van der Waals surface area contributed by atoms with Gasteiger partial charge in [-0.2, -0.15) is 0 Å². The molecular formula is C30H31NO3. The van der Waals surface area contributed by atoms with Crippen molar-refractivity contribution in [3.05, 3.63) is 94.6 Å². The van der Waals surface area contributed by atoms with Gasteiger partial charge in [-0.3, -0.25) is 4.90 Å². The van der Waals surface area contributed by atoms with Gasteiger partial charge >= 0.3 is 0 Å². The lowest BCUT2D eigenvalue weighted by Gasteiger charge is -2.32. The molecule has 1 saturated heterocycles. The molecule has 2 unspecified atom stereocenters. The summed E-state index contributed by atoms with van der Waals surface area (Å²) in [6.07, 6.45) is 8.14. The van der Waals surface area contributed by atoms with E-state index in [9.17, 15) is 10.2 Å². The third kappa shape index (κ3) is 3.48. The Morgan fingerprint density at radius 3 is 2.32 bits per heavy atom. The molecule has 3 aromatic rings. The average molecular weight is 454 g/mol. The SMILES string of the molecule is CC(Oc1ccc(C2=CC3(CCc4cc(O)ccc43)c3ccc(O)cc32)cc1)N1CCCCC1. The molecule has 34 heavy (non-hydrogen) atoms. The van der Waals surface area contributed by atoms with E-state index in [1.165, 1.54) is 36.0 Å². The Bertz CT molecular complexity index is 1260. The van der Waals surface area contributed by atoms with Gasteiger partial charge in [0.15, 0.2) is 0 Å². The molecule has 6 rings (SSSR count). The normalized spacial score (nSPS) is 22.3. The summed E-state index contributed by atoms with van der Waals surface area (Å²) in [5.41, 5.74) is 6.80. The number of hydrogen-bond acceptors (Lipinski definition) is 4. The first-order chi connectivity index (χ1) is 16.5. The van der Waals surface area contributed by atoms with Gasteiger partial charge in [-0.05, 0) is 102 Å². The summed E-state index contributed by atoms with van der Waals surface area (Å²) in [5, 5.41) is 20.3. The van der Waals surface area contributed by atoms with Crippen LogP contribution >= 0.6 is 0 Å². The van der Waals surface area contributed by atoms with E-state index in [-0.39, 0.29) is 17.4 Å². The molecule has 1 fully saturated rings. The molecule has 3 aliphatic rings. The Kier molecular flexibility index (Phi) is 5.14. The van der Waals surface area contributed by atoms with Crippen molar-refractivity contribution in [3.8, 4) is 17.2 Å². The molecule has 1 aliphatic heterocycles. The first-order valence-electron chi connectivity index (χ1n) is 12.4. The number of phenolic OH excluding ortho intramolecular Hbond substituents is 2. The zero-order valence-electron chi connectivity index (χ0n) is 19.6. The fourth-order valence-corrected chi connectivity index (χ4v) is 6.17. The second-order valence-electron chi connectivity index (χ2n) is 9.94. The van der Waals surface area contributed by atoms with E-state index in [1.54, 1.807) is 12.1 Å². The van der Waals surface area contributed by atoms with Gasteiger partial charge in [0.05, 0.1) is 0 Å². The third-order valence-electron chi connectivity index (χ3n) is 7.90. The van der Waals surface area contributed by atoms with E-state index in [0.29, 0.717) is 5.75 Å². The van der Waals surface area contributed by atoms with E-state index in [0.717, 1.165) is 48.4 Å². The molecule has 0 radical (unpaired) electrons. The molecule has 1 spiro atoms. The molecule has 174 valence electrons. The average Bonchev–Trinajstić information content (AvgIpc) is 3.38. The van der Waals surface area contributed by atoms with Gasteiger partial charge in [0.1, 0.15) is 23.5 Å². The molecule has 2 N–H and O–H groups in total. The monoisotopic (exact) mass is 453 g/mol. The van der Waals surface area contributed by atoms with Crippen LogP contribution in [0.5, 0.6) is 17.2 Å². The maximum absolute atomic E-state index is 10.3. The van der Waals surface area contributed by atoms with E-state index >= 15 is 0 Å². The Balaban J connectivity index is 1.34. The zero-order valence-corrected chi connectivity index (χ0v) is 19.6. The quantitative estimate of drug-likeness (QED) is 0.510. The maximum atomic E-state index is 10.3. The lowest BCUT2D eigenvalue weighted by molar-refractivity contribution is 0.0262. The Labute approximate surface area is 201 Å². The number of rotatable bonds is 4. The number of allylic oxidation sites excluding steroid dienone is 1. The number of nitrogens with zero attached hydrogens (tertiary/aromatic N) is 1. The first kappa shape index (κ1) is 21.3. The van der Waals surface area contributed by atoms with Crippen molar-refractivity contribution in [1.29, 1.82) is 0 Å². The predicted molar refractivity (Wildman–Crippen MR) is 134 cm³/mol. The van der Waals surface area contributed by atoms with Gasteiger partial charge in [0, 0.05) is 18.5 Å². The highest BCUT2D eigenvalue weighted by atomic mass is 16.5. The minimum absolute atomic E-state index is 0.0733. The number of hydrogen-bond donors (Lipinski definition) is 2. The van der Waals surface area contributed by atoms with Crippen LogP contribution in [-0.2, 0) is 11.8 Å². The molecule has 0 saturated carbocycles. The molecule has 4 heteroatoms. The molecular weight excluding hydrogens is 422 g/mol. The minimum Gasteiger partial charge on any atom is -0.508 e. The van der Waals surface area contributed by atoms with Crippen LogP contribution < -0.4 is 4.74 Å². The van der Waals surface area contributed by atoms with Crippen LogP contribution in [0, 0.1) is 0 Å². The van der Waals surface area contributed by atoms with Crippen LogP contribution in [0.2, 0.25) is 0 Å². The van der Waals surface area contributed by atoms with Crippen LogP contribution in [0.15, 0.2) is 66.7 Å². The van der Waals surface area contributed by atoms with E-state index in [4.69, 9.17) is 4.74 Å². The topological polar surface area (TPSA) is 52.9 Å². The van der Waals surface area contributed by atoms with E-state index in [1.807, 2.05) is 12.1 Å². The number of likely N-dealkylation sites (tertiary alicyclic amines) is 1. The van der Waals surface area contributed by atoms with Crippen LogP contribution in [0.25, 0.3) is 5.57 Å². The van der Waals surface area contributed by atoms with Gasteiger partial charge in [-0.25, -0.2) is 0 Å². The standard InChI is InChI=1S/C30H31NO3/c1-20(31-15-3-2-4-16-31)34-25-9-5-21(6-10-25)27-19-30(29-12-8-24(33)18-26(27)29)14-13-22-17-23(32)7-11-28(22)30/h5-12,17-20,32-33H,2-4,13-16H2,1H3. The van der Waals surface area contributed by atoms with Crippen molar-refractivity contribution < 1.29 is 14.9 Å². The smallest absolute Gasteiger partial charge is 0.149 e. The lowest BCUT2D eigenvalue weighted by atomic mass is 9.77. The molecule has 3 aromatic carbocycles. The summed E-state index contributed by atoms with van der Waals surface area (Å²) in [6, 6.07) is 19.9. The fourth-order valence-electron chi connectivity index (χ4n) is 6.17. The largest absolute Gasteiger partial charge is 0.508 e. The number of ether oxygens (including phenoxy) is 1. The second kappa shape index (κ2) is 8.21. The lowest BCUT2D eigenvalue weighted by Crippen LogP contribution is -2.40. The molecule has 1 heterocycles. The third-order valence-corrected chi connectivity index (χ3v) is 7.90. The summed E-state index contributed by atoms with van der Waals surface area (Å²) in [5.74, 6) is 1.48. The maximum Gasteiger partial charge on any atom is 0.149 e. The molecule has 2 aliphatic carbocycles. The molecule has 0 amide bonds. The van der Waals surface area contributed by atoms with Crippen molar-refractivity contribution in [2.45, 2.75) is 50.7 Å². The van der Waals surface area contributed by atoms with E-state index < -0.39 is 0 Å². The molecule has 0 aromatic heterocycles. The van der Waals surface area contributed by atoms with Crippen molar-refractivity contribution in [2.75, 3.05) is 13.1 Å². The number of aromatic hydroxyl groups is 2. The fraction of sp³-hybridized carbons (Fsp3) is 0.333. The van der Waals surface area contributed by atoms with Crippen LogP contribution in [0.4, 0.5) is 0 Å². The Hall–Kier alpha value is -3.24. The van der Waals surface area contributed by atoms with Gasteiger partial charge in [0.2, 0.25) is 0 Å². The van der Waals surface area contributed by atoms with Crippen molar-refractivity contribution in [1.82, 2.24) is 4.90 Å². The highest BCUT2D eigenvalue weighted by molar-refractivity contribution is 5.89. The minimum atomic E-state index is -0.223. The Morgan fingerprint density at radius 1 is 0.853 bits per heavy atom. The van der Waals surface area contributed by atoms with Gasteiger partial charge in [-0.1, -0.05) is 36.8 Å². The van der Waals surface area contributed by atoms with Crippen LogP contribution in [-0.4, -0.2) is 34.4 Å². The molecule has 0 bridgehead atoms. The number of fused-ring (bicyclic) bond motifs is 4. The van der Waals surface area contributed by atoms with E-state index in [2.05, 4.69) is 54.3 Å². The van der Waals surface area contributed by atoms with Gasteiger partial charge in [0.25, 0.3) is 0 Å². The zero-order chi connectivity index (χ0) is 23.3. The van der Waals surface area contributed by atoms with Crippen LogP contribution in [0.3, 0.4) is 0 Å². The number of aryl methyl sites for hydroxylation is 1. The molecule has 2 atom stereocenters. The summed E-state index contributed by atoms with van der Waals surface area (Å²) in [4.78, 5) is 2.41. The summed E-state index contributed by atoms with van der Waals surface area (Å²) < 4.78 is 6.25. The van der Waals surface area contributed by atoms with Gasteiger partial charge in [-0.15, -0.1) is 0 Å². The first-order valence-corrected chi connectivity index (χ1v) is 12.4. The number of piperidine rings is 1. The van der Waals surface area contributed by atoms with Crippen LogP contribution in [0.1, 0.15) is 60.4 Å². The highest BCUT2D eigenvalue weighted by Gasteiger charge is 2.44. The Morgan fingerprint density at radius 2 is 1.56 bits per heavy atom. The van der Waals surface area contributed by atoms with Gasteiger partial charge < -0.3 is 14.9 Å². The predicted octanol–water partition coefficient (Wildman–Crippen LogP) is 5.99. The molecule has 4 nitrogen and oxygen atoms in total. The number of benzene rings is 3. The van der Waals surface area contributed by atoms with Crippen molar-refractivity contribution in [3.63, 3.8) is 0 Å². The van der Waals surface area contributed by atoms with Crippen molar-refractivity contribution in [2.24, 2.45) is 0 Å². The number of phenols is 2. The summed E-state index contributed by atoms with van der Waals surface area (Å²) in [6.45, 7) is 4.35. The summed E-state index contributed by atoms with van der Waals surface area (Å²) in [7, 11) is 0. The second-order valence-corrected chi connectivity index (χ2v) is 9.94. The van der Waals surface area contributed by atoms with Crippen molar-refractivity contribution >= 4 is 5.57 Å². The highest BCUT2D eigenvalue weighted by Crippen LogP contribution is 2.54.